The van der Waals surface area contributed by atoms with Crippen LogP contribution in [0.25, 0.3) is 16.5 Å². The van der Waals surface area contributed by atoms with Gasteiger partial charge in [-0.1, -0.05) is 82.6 Å². The predicted molar refractivity (Wildman–Crippen MR) is 139 cm³/mol. The molecule has 0 saturated carbocycles. The van der Waals surface area contributed by atoms with E-state index in [1.165, 1.54) is 7.11 Å². The molecule has 4 rings (SSSR count). The Morgan fingerprint density at radius 2 is 1.85 bits per heavy atom. The van der Waals surface area contributed by atoms with Gasteiger partial charge < -0.3 is 4.74 Å². The number of methoxy groups -OCH3 is 1. The third-order valence-corrected chi connectivity index (χ3v) is 6.87. The van der Waals surface area contributed by atoms with Crippen LogP contribution in [0.2, 0.25) is 5.02 Å². The molecule has 5 heteroatoms. The summed E-state index contributed by atoms with van der Waals surface area (Å²) in [5, 5.41) is 1.70. The van der Waals surface area contributed by atoms with Crippen LogP contribution < -0.4 is 0 Å². The molecule has 0 N–H and O–H groups in total. The Hall–Kier alpha value is -2.95. The smallest absolute Gasteiger partial charge is 0.338 e. The second-order valence-electron chi connectivity index (χ2n) is 7.79. The first-order valence-electron chi connectivity index (χ1n) is 10.6. The van der Waals surface area contributed by atoms with Gasteiger partial charge in [0.1, 0.15) is 0 Å². The fraction of sp³-hybridized carbons (Fsp3) is 0.143. The van der Waals surface area contributed by atoms with Crippen LogP contribution in [0.5, 0.6) is 0 Å². The van der Waals surface area contributed by atoms with Crippen molar-refractivity contribution in [3.05, 3.63) is 118 Å². The highest BCUT2D eigenvalue weighted by Gasteiger charge is 2.15. The average molecular weight is 521 g/mol. The fourth-order valence-corrected chi connectivity index (χ4v) is 4.50. The molecule has 0 fully saturated rings. The van der Waals surface area contributed by atoms with Crippen molar-refractivity contribution < 1.29 is 9.53 Å². The van der Waals surface area contributed by atoms with Gasteiger partial charge in [-0.25, -0.2) is 9.78 Å². The van der Waals surface area contributed by atoms with Crippen molar-refractivity contribution in [1.29, 1.82) is 0 Å². The van der Waals surface area contributed by atoms with Gasteiger partial charge in [0, 0.05) is 20.8 Å². The second kappa shape index (κ2) is 10.3. The molecule has 0 bridgehead atoms. The van der Waals surface area contributed by atoms with Crippen LogP contribution in [0.15, 0.2) is 85.4 Å². The molecule has 0 amide bonds. The van der Waals surface area contributed by atoms with Gasteiger partial charge in [0.25, 0.3) is 0 Å². The first-order chi connectivity index (χ1) is 16.0. The van der Waals surface area contributed by atoms with Gasteiger partial charge in [0.05, 0.1) is 23.9 Å². The topological polar surface area (TPSA) is 39.2 Å². The number of hydrogen-bond donors (Lipinski definition) is 0. The maximum Gasteiger partial charge on any atom is 0.338 e. The monoisotopic (exact) mass is 519 g/mol. The first-order valence-corrected chi connectivity index (χ1v) is 11.9. The van der Waals surface area contributed by atoms with E-state index in [0.717, 1.165) is 51.7 Å². The van der Waals surface area contributed by atoms with Crippen molar-refractivity contribution in [2.45, 2.75) is 17.7 Å². The minimum Gasteiger partial charge on any atom is -0.465 e. The number of aromatic nitrogens is 1. The molecule has 0 aliphatic carbocycles. The standard InChI is InChI=1S/C28H23BrClNO2/c1-18(26-15-12-20-10-13-23(30)17-27(20)31-26)21-7-5-8-22(16-21)25(29)14-11-19-6-3-4-9-24(19)28(32)33-2/h3-10,12-13,15-17,25H,1,11,14H2,2H3/t25-/m0/s1. The minimum absolute atomic E-state index is 0.124. The van der Waals surface area contributed by atoms with Crippen LogP contribution in [0.3, 0.4) is 0 Å². The number of pyridine rings is 1. The Bertz CT molecular complexity index is 1330. The summed E-state index contributed by atoms with van der Waals surface area (Å²) in [6.07, 6.45) is 1.58. The number of carbonyl (C=O) groups excluding carboxylic acids is 1. The molecule has 1 atom stereocenters. The lowest BCUT2D eigenvalue weighted by molar-refractivity contribution is 0.0599. The molecule has 1 aromatic heterocycles. The predicted octanol–water partition coefficient (Wildman–Crippen LogP) is 7.81. The van der Waals surface area contributed by atoms with Gasteiger partial charge in [-0.2, -0.15) is 0 Å². The molecule has 0 spiro atoms. The van der Waals surface area contributed by atoms with E-state index in [1.54, 1.807) is 6.07 Å². The van der Waals surface area contributed by atoms with E-state index in [-0.39, 0.29) is 10.8 Å². The normalized spacial score (nSPS) is 11.8. The van der Waals surface area contributed by atoms with Gasteiger partial charge in [0.2, 0.25) is 0 Å². The molecule has 0 aliphatic heterocycles. The Labute approximate surface area is 207 Å². The number of carbonyl (C=O) groups is 1. The summed E-state index contributed by atoms with van der Waals surface area (Å²) < 4.78 is 4.91. The lowest BCUT2D eigenvalue weighted by atomic mass is 9.96. The Kier molecular flexibility index (Phi) is 7.26. The number of halogens is 2. The summed E-state index contributed by atoms with van der Waals surface area (Å²) in [5.41, 5.74) is 6.28. The highest BCUT2D eigenvalue weighted by Crippen LogP contribution is 2.32. The van der Waals surface area contributed by atoms with Crippen LogP contribution >= 0.6 is 27.5 Å². The van der Waals surface area contributed by atoms with Crippen molar-refractivity contribution >= 4 is 50.0 Å². The van der Waals surface area contributed by atoms with Gasteiger partial charge >= 0.3 is 5.97 Å². The van der Waals surface area contributed by atoms with Crippen molar-refractivity contribution in [1.82, 2.24) is 4.98 Å². The third-order valence-electron chi connectivity index (χ3n) is 5.65. The molecular formula is C28H23BrClNO2. The number of ether oxygens (including phenoxy) is 1. The van der Waals surface area contributed by atoms with Crippen LogP contribution in [0, 0.1) is 0 Å². The highest BCUT2D eigenvalue weighted by atomic mass is 79.9. The number of rotatable bonds is 7. The number of alkyl halides is 1. The van der Waals surface area contributed by atoms with E-state index in [4.69, 9.17) is 21.3 Å². The zero-order valence-electron chi connectivity index (χ0n) is 18.2. The summed E-state index contributed by atoms with van der Waals surface area (Å²) >= 11 is 9.97. The number of aryl methyl sites for hydroxylation is 1. The van der Waals surface area contributed by atoms with E-state index in [2.05, 4.69) is 34.6 Å². The van der Waals surface area contributed by atoms with Crippen LogP contribution in [-0.4, -0.2) is 18.1 Å². The number of benzene rings is 3. The molecule has 33 heavy (non-hydrogen) atoms. The van der Waals surface area contributed by atoms with Crippen LogP contribution in [0.4, 0.5) is 0 Å². The van der Waals surface area contributed by atoms with Crippen LogP contribution in [-0.2, 0) is 11.2 Å². The SMILES string of the molecule is C=C(c1cccc([C@@H](Br)CCc2ccccc2C(=O)OC)c1)c1ccc2ccc(Cl)cc2n1. The second-order valence-corrected chi connectivity index (χ2v) is 9.33. The molecule has 0 unspecified atom stereocenters. The highest BCUT2D eigenvalue weighted by molar-refractivity contribution is 9.09. The molecular weight excluding hydrogens is 498 g/mol. The molecule has 0 radical (unpaired) electrons. The number of nitrogens with zero attached hydrogens (tertiary/aromatic N) is 1. The molecule has 4 aromatic rings. The lowest BCUT2D eigenvalue weighted by Crippen LogP contribution is -2.06. The Morgan fingerprint density at radius 1 is 1.06 bits per heavy atom. The molecule has 1 heterocycles. The lowest BCUT2D eigenvalue weighted by Gasteiger charge is -2.14. The quantitative estimate of drug-likeness (QED) is 0.184. The molecule has 3 nitrogen and oxygen atoms in total. The summed E-state index contributed by atoms with van der Waals surface area (Å²) in [7, 11) is 1.41. The van der Waals surface area contributed by atoms with E-state index >= 15 is 0 Å². The van der Waals surface area contributed by atoms with Gasteiger partial charge in [-0.3, -0.25) is 0 Å². The first kappa shape index (κ1) is 23.2. The van der Waals surface area contributed by atoms with Crippen molar-refractivity contribution in [2.24, 2.45) is 0 Å². The Balaban J connectivity index is 1.52. The fourth-order valence-electron chi connectivity index (χ4n) is 3.82. The van der Waals surface area contributed by atoms with Crippen molar-refractivity contribution in [3.8, 4) is 0 Å². The maximum atomic E-state index is 12.0. The average Bonchev–Trinajstić information content (AvgIpc) is 2.86. The van der Waals surface area contributed by atoms with E-state index in [1.807, 2.05) is 60.7 Å². The maximum absolute atomic E-state index is 12.0. The largest absolute Gasteiger partial charge is 0.465 e. The molecule has 3 aromatic carbocycles. The summed E-state index contributed by atoms with van der Waals surface area (Å²) in [4.78, 5) is 16.9. The van der Waals surface area contributed by atoms with Crippen LogP contribution in [0.1, 0.15) is 44.0 Å². The van der Waals surface area contributed by atoms with E-state index in [9.17, 15) is 4.79 Å². The zero-order chi connectivity index (χ0) is 23.4. The zero-order valence-corrected chi connectivity index (χ0v) is 20.6. The molecule has 0 aliphatic rings. The molecule has 0 saturated heterocycles. The third kappa shape index (κ3) is 5.35. The van der Waals surface area contributed by atoms with Gasteiger partial charge in [-0.15, -0.1) is 0 Å². The number of hydrogen-bond acceptors (Lipinski definition) is 3. The number of fused-ring (bicyclic) bond motifs is 1. The van der Waals surface area contributed by atoms with Gasteiger partial charge in [0.15, 0.2) is 0 Å². The summed E-state index contributed by atoms with van der Waals surface area (Å²) in [6, 6.07) is 25.6. The minimum atomic E-state index is -0.306. The van der Waals surface area contributed by atoms with Crippen molar-refractivity contribution in [2.75, 3.05) is 7.11 Å². The van der Waals surface area contributed by atoms with E-state index < -0.39 is 0 Å². The molecule has 166 valence electrons. The van der Waals surface area contributed by atoms with E-state index in [0.29, 0.717) is 10.6 Å². The number of esters is 1. The summed E-state index contributed by atoms with van der Waals surface area (Å²) in [6.45, 7) is 4.30. The Morgan fingerprint density at radius 3 is 2.67 bits per heavy atom. The summed E-state index contributed by atoms with van der Waals surface area (Å²) in [5.74, 6) is -0.306. The van der Waals surface area contributed by atoms with Gasteiger partial charge in [-0.05, 0) is 59.9 Å². The van der Waals surface area contributed by atoms with Crippen molar-refractivity contribution in [3.63, 3.8) is 0 Å².